The summed E-state index contributed by atoms with van der Waals surface area (Å²) in [4.78, 5) is 2.19. The minimum atomic E-state index is 0.0219. The van der Waals surface area contributed by atoms with Crippen molar-refractivity contribution in [1.82, 2.24) is 0 Å². The Morgan fingerprint density at radius 1 is 1.19 bits per heavy atom. The summed E-state index contributed by atoms with van der Waals surface area (Å²) in [6, 6.07) is 16.2. The Morgan fingerprint density at radius 2 is 1.95 bits per heavy atom. The van der Waals surface area contributed by atoms with Gasteiger partial charge < -0.3 is 15.4 Å². The Labute approximate surface area is 134 Å². The molecule has 0 aromatic heterocycles. The van der Waals surface area contributed by atoms with Crippen molar-refractivity contribution in [1.29, 1.82) is 0 Å². The topological polar surface area (TPSA) is 38.5 Å². The molecule has 2 aromatic carbocycles. The maximum absolute atomic E-state index is 6.30. The molecule has 3 nitrogen and oxygen atoms in total. The van der Waals surface area contributed by atoms with Gasteiger partial charge in [-0.15, -0.1) is 0 Å². The summed E-state index contributed by atoms with van der Waals surface area (Å²) in [7, 11) is 3.75. The van der Waals surface area contributed by atoms with E-state index in [4.69, 9.17) is 10.5 Å². The van der Waals surface area contributed by atoms with Crippen LogP contribution in [-0.4, -0.2) is 20.7 Å². The zero-order chi connectivity index (χ0) is 15.2. The molecule has 112 valence electrons. The molecule has 1 atom stereocenters. The maximum Gasteiger partial charge on any atom is 0.120 e. The Balaban J connectivity index is 1.97. The average Bonchev–Trinajstić information content (AvgIpc) is 2.52. The fourth-order valence-electron chi connectivity index (χ4n) is 2.24. The molecule has 1 unspecified atom stereocenters. The highest BCUT2D eigenvalue weighted by molar-refractivity contribution is 9.10. The van der Waals surface area contributed by atoms with E-state index >= 15 is 0 Å². The Bertz CT molecular complexity index is 589. The van der Waals surface area contributed by atoms with E-state index in [2.05, 4.69) is 40.0 Å². The Kier molecular flexibility index (Phi) is 5.65. The molecule has 0 saturated carbocycles. The van der Waals surface area contributed by atoms with Crippen LogP contribution in [0.1, 0.15) is 18.0 Å². The van der Waals surface area contributed by atoms with Crippen molar-refractivity contribution in [3.8, 4) is 5.75 Å². The van der Waals surface area contributed by atoms with E-state index in [1.165, 1.54) is 0 Å². The molecular weight excluding hydrogens is 328 g/mol. The zero-order valence-corrected chi connectivity index (χ0v) is 14.0. The lowest BCUT2D eigenvalue weighted by Gasteiger charge is -2.22. The number of rotatable bonds is 6. The van der Waals surface area contributed by atoms with Crippen LogP contribution in [0.15, 0.2) is 53.0 Å². The van der Waals surface area contributed by atoms with E-state index in [9.17, 15) is 0 Å². The van der Waals surface area contributed by atoms with Crippen LogP contribution in [0.5, 0.6) is 5.75 Å². The number of anilines is 1. The third-order valence-electron chi connectivity index (χ3n) is 3.57. The summed E-state index contributed by atoms with van der Waals surface area (Å²) in [5.41, 5.74) is 8.58. The van der Waals surface area contributed by atoms with Crippen LogP contribution in [0.4, 0.5) is 5.69 Å². The first-order valence-corrected chi connectivity index (χ1v) is 7.76. The molecule has 21 heavy (non-hydrogen) atoms. The maximum atomic E-state index is 6.30. The van der Waals surface area contributed by atoms with Gasteiger partial charge in [-0.25, -0.2) is 0 Å². The van der Waals surface area contributed by atoms with E-state index in [-0.39, 0.29) is 6.04 Å². The van der Waals surface area contributed by atoms with Gasteiger partial charge in [0, 0.05) is 35.9 Å². The van der Waals surface area contributed by atoms with E-state index in [0.717, 1.165) is 34.4 Å². The molecule has 0 bridgehead atoms. The third-order valence-corrected chi connectivity index (χ3v) is 4.30. The van der Waals surface area contributed by atoms with Crippen molar-refractivity contribution in [3.63, 3.8) is 0 Å². The molecule has 0 radical (unpaired) electrons. The largest absolute Gasteiger partial charge is 0.497 e. The minimum Gasteiger partial charge on any atom is -0.497 e. The van der Waals surface area contributed by atoms with Crippen LogP contribution in [0, 0.1) is 0 Å². The number of nitrogens with two attached hydrogens (primary N) is 1. The molecule has 0 aliphatic carbocycles. The zero-order valence-electron chi connectivity index (χ0n) is 12.4. The van der Waals surface area contributed by atoms with Crippen molar-refractivity contribution >= 4 is 21.6 Å². The van der Waals surface area contributed by atoms with Gasteiger partial charge in [0.25, 0.3) is 0 Å². The molecule has 2 N–H and O–H groups in total. The molecular formula is C17H21BrN2O. The summed E-state index contributed by atoms with van der Waals surface area (Å²) in [5.74, 6) is 0.870. The molecule has 0 aliphatic heterocycles. The molecule has 2 rings (SSSR count). The minimum absolute atomic E-state index is 0.0219. The summed E-state index contributed by atoms with van der Waals surface area (Å²) >= 11 is 3.56. The fourth-order valence-corrected chi connectivity index (χ4v) is 2.82. The summed E-state index contributed by atoms with van der Waals surface area (Å²) in [6.07, 6.45) is 0.885. The van der Waals surface area contributed by atoms with Crippen molar-refractivity contribution < 1.29 is 4.74 Å². The lowest BCUT2D eigenvalue weighted by Crippen LogP contribution is -2.23. The predicted octanol–water partition coefficient (Wildman–Crippen LogP) is 3.98. The van der Waals surface area contributed by atoms with Gasteiger partial charge in [0.05, 0.1) is 7.11 Å². The number of benzene rings is 2. The van der Waals surface area contributed by atoms with Crippen LogP contribution < -0.4 is 15.4 Å². The van der Waals surface area contributed by atoms with E-state index in [1.54, 1.807) is 7.11 Å². The number of hydrogen-bond acceptors (Lipinski definition) is 3. The summed E-state index contributed by atoms with van der Waals surface area (Å²) in [5, 5.41) is 0. The normalized spacial score (nSPS) is 12.0. The van der Waals surface area contributed by atoms with Gasteiger partial charge >= 0.3 is 0 Å². The highest BCUT2D eigenvalue weighted by atomic mass is 79.9. The third kappa shape index (κ3) is 4.22. The van der Waals surface area contributed by atoms with Crippen molar-refractivity contribution in [3.05, 3.63) is 58.6 Å². The summed E-state index contributed by atoms with van der Waals surface area (Å²) < 4.78 is 6.33. The first kappa shape index (κ1) is 15.9. The highest BCUT2D eigenvalue weighted by Crippen LogP contribution is 2.25. The Hall–Kier alpha value is -1.52. The van der Waals surface area contributed by atoms with Gasteiger partial charge in [-0.2, -0.15) is 0 Å². The number of hydrogen-bond donors (Lipinski definition) is 1. The summed E-state index contributed by atoms with van der Waals surface area (Å²) in [6.45, 7) is 0.885. The SMILES string of the molecule is COc1cccc(N(C)CCC(N)c2ccccc2Br)c1. The predicted molar refractivity (Wildman–Crippen MR) is 92.0 cm³/mol. The second-order valence-electron chi connectivity index (χ2n) is 5.04. The van der Waals surface area contributed by atoms with Gasteiger partial charge in [0.1, 0.15) is 5.75 Å². The molecule has 0 saturated heterocycles. The van der Waals surface area contributed by atoms with Crippen LogP contribution in [0.25, 0.3) is 0 Å². The molecule has 0 aliphatic rings. The lowest BCUT2D eigenvalue weighted by molar-refractivity contribution is 0.415. The fraction of sp³-hybridized carbons (Fsp3) is 0.294. The smallest absolute Gasteiger partial charge is 0.120 e. The molecule has 0 fully saturated rings. The molecule has 4 heteroatoms. The lowest BCUT2D eigenvalue weighted by atomic mass is 10.0. The number of nitrogens with zero attached hydrogens (tertiary/aromatic N) is 1. The quantitative estimate of drug-likeness (QED) is 0.857. The number of halogens is 1. The van der Waals surface area contributed by atoms with E-state index in [0.29, 0.717) is 0 Å². The average molecular weight is 349 g/mol. The van der Waals surface area contributed by atoms with Crippen LogP contribution in [0.3, 0.4) is 0 Å². The van der Waals surface area contributed by atoms with Gasteiger partial charge in [-0.1, -0.05) is 40.2 Å². The van der Waals surface area contributed by atoms with Gasteiger partial charge in [-0.3, -0.25) is 0 Å². The number of ether oxygens (including phenoxy) is 1. The van der Waals surface area contributed by atoms with Crippen LogP contribution in [-0.2, 0) is 0 Å². The second kappa shape index (κ2) is 7.48. The van der Waals surface area contributed by atoms with Gasteiger partial charge in [-0.05, 0) is 30.2 Å². The second-order valence-corrected chi connectivity index (χ2v) is 5.89. The molecule has 0 amide bonds. The molecule has 2 aromatic rings. The molecule has 0 spiro atoms. The highest BCUT2D eigenvalue weighted by Gasteiger charge is 2.11. The standard InChI is InChI=1S/C17H21BrN2O/c1-20(13-6-5-7-14(12-13)21-2)11-10-17(19)15-8-3-4-9-16(15)18/h3-9,12,17H,10-11,19H2,1-2H3. The monoisotopic (exact) mass is 348 g/mol. The van der Waals surface area contributed by atoms with Crippen LogP contribution >= 0.6 is 15.9 Å². The van der Waals surface area contributed by atoms with E-state index in [1.807, 2.05) is 36.4 Å². The first-order valence-electron chi connectivity index (χ1n) is 6.97. The van der Waals surface area contributed by atoms with Crippen molar-refractivity contribution in [2.24, 2.45) is 5.73 Å². The van der Waals surface area contributed by atoms with Gasteiger partial charge in [0.15, 0.2) is 0 Å². The Morgan fingerprint density at radius 3 is 2.67 bits per heavy atom. The van der Waals surface area contributed by atoms with E-state index < -0.39 is 0 Å². The first-order chi connectivity index (χ1) is 10.1. The van der Waals surface area contributed by atoms with Crippen molar-refractivity contribution in [2.75, 3.05) is 25.6 Å². The van der Waals surface area contributed by atoms with Crippen LogP contribution in [0.2, 0.25) is 0 Å². The van der Waals surface area contributed by atoms with Crippen molar-refractivity contribution in [2.45, 2.75) is 12.5 Å². The molecule has 0 heterocycles. The van der Waals surface area contributed by atoms with Gasteiger partial charge in [0.2, 0.25) is 0 Å². The number of methoxy groups -OCH3 is 1.